The first-order valence-corrected chi connectivity index (χ1v) is 9.31. The molecule has 1 atom stereocenters. The summed E-state index contributed by atoms with van der Waals surface area (Å²) in [6.45, 7) is 3.03. The van der Waals surface area contributed by atoms with Crippen molar-refractivity contribution in [3.05, 3.63) is 41.9 Å². The van der Waals surface area contributed by atoms with Gasteiger partial charge in [0.15, 0.2) is 0 Å². The molecule has 24 heavy (non-hydrogen) atoms. The molecule has 1 aliphatic rings. The van der Waals surface area contributed by atoms with Gasteiger partial charge in [-0.2, -0.15) is 10.2 Å². The molecule has 6 nitrogen and oxygen atoms in total. The number of hydrogen-bond donors (Lipinski definition) is 0. The van der Waals surface area contributed by atoms with Crippen LogP contribution < -0.4 is 0 Å². The maximum Gasteiger partial charge on any atom is 0.126 e. The summed E-state index contributed by atoms with van der Waals surface area (Å²) in [5, 5.41) is 11.8. The van der Waals surface area contributed by atoms with Crippen molar-refractivity contribution < 1.29 is 0 Å². The standard InChI is InChI=1S/C17H22N6S/c1-21-10-14(9-19-21)17-20-15(13-24-17)11-22-7-3-2-5-16(22)12-23-8-4-6-18-23/h4,6,8-10,13,16H,2-3,5,7,11-12H2,1H3. The molecule has 3 aromatic rings. The number of piperidine rings is 1. The first kappa shape index (κ1) is 15.5. The molecule has 0 aromatic carbocycles. The summed E-state index contributed by atoms with van der Waals surface area (Å²) in [4.78, 5) is 7.38. The Kier molecular flexibility index (Phi) is 4.44. The van der Waals surface area contributed by atoms with E-state index in [2.05, 4.69) is 26.7 Å². The number of aromatic nitrogens is 5. The van der Waals surface area contributed by atoms with Gasteiger partial charge in [-0.15, -0.1) is 11.3 Å². The Morgan fingerprint density at radius 2 is 2.25 bits per heavy atom. The van der Waals surface area contributed by atoms with Crippen LogP contribution in [0, 0.1) is 0 Å². The molecule has 0 spiro atoms. The number of thiazole rings is 1. The number of rotatable bonds is 5. The second kappa shape index (κ2) is 6.86. The Balaban J connectivity index is 1.45. The van der Waals surface area contributed by atoms with E-state index < -0.39 is 0 Å². The highest BCUT2D eigenvalue weighted by atomic mass is 32.1. The Bertz CT molecular complexity index is 775. The van der Waals surface area contributed by atoms with Gasteiger partial charge in [-0.3, -0.25) is 14.3 Å². The van der Waals surface area contributed by atoms with Crippen LogP contribution in [0.5, 0.6) is 0 Å². The first-order valence-electron chi connectivity index (χ1n) is 8.43. The summed E-state index contributed by atoms with van der Waals surface area (Å²) in [6.07, 6.45) is 11.6. The Morgan fingerprint density at radius 3 is 3.04 bits per heavy atom. The minimum atomic E-state index is 0.544. The summed E-state index contributed by atoms with van der Waals surface area (Å²) in [7, 11) is 1.94. The third-order valence-corrected chi connectivity index (χ3v) is 5.51. The molecule has 1 saturated heterocycles. The fraction of sp³-hybridized carbons (Fsp3) is 0.471. The van der Waals surface area contributed by atoms with Gasteiger partial charge in [0.2, 0.25) is 0 Å². The molecule has 3 aromatic heterocycles. The van der Waals surface area contributed by atoms with Crippen LogP contribution in [-0.4, -0.2) is 42.0 Å². The third-order valence-electron chi connectivity index (χ3n) is 4.57. The van der Waals surface area contributed by atoms with Crippen molar-refractivity contribution in [3.8, 4) is 10.6 Å². The number of hydrogen-bond acceptors (Lipinski definition) is 5. The zero-order valence-corrected chi connectivity index (χ0v) is 14.7. The highest BCUT2D eigenvalue weighted by Crippen LogP contribution is 2.26. The molecule has 0 aliphatic carbocycles. The van der Waals surface area contributed by atoms with E-state index in [0.29, 0.717) is 6.04 Å². The van der Waals surface area contributed by atoms with Crippen LogP contribution in [0.3, 0.4) is 0 Å². The minimum absolute atomic E-state index is 0.544. The quantitative estimate of drug-likeness (QED) is 0.715. The van der Waals surface area contributed by atoms with Crippen LogP contribution in [0.25, 0.3) is 10.6 Å². The lowest BCUT2D eigenvalue weighted by Gasteiger charge is -2.35. The summed E-state index contributed by atoms with van der Waals surface area (Å²) in [6, 6.07) is 2.54. The fourth-order valence-electron chi connectivity index (χ4n) is 3.35. The van der Waals surface area contributed by atoms with E-state index >= 15 is 0 Å². The van der Waals surface area contributed by atoms with E-state index in [1.54, 1.807) is 11.3 Å². The Hall–Kier alpha value is -1.99. The average molecular weight is 342 g/mol. The van der Waals surface area contributed by atoms with Crippen molar-refractivity contribution in [2.24, 2.45) is 7.05 Å². The number of likely N-dealkylation sites (tertiary alicyclic amines) is 1. The molecule has 0 N–H and O–H groups in total. The summed E-state index contributed by atoms with van der Waals surface area (Å²) in [5.41, 5.74) is 2.26. The summed E-state index contributed by atoms with van der Waals surface area (Å²) in [5.74, 6) is 0. The smallest absolute Gasteiger partial charge is 0.126 e. The molecule has 126 valence electrons. The van der Waals surface area contributed by atoms with Crippen molar-refractivity contribution in [2.75, 3.05) is 6.54 Å². The van der Waals surface area contributed by atoms with Gasteiger partial charge >= 0.3 is 0 Å². The number of aryl methyl sites for hydroxylation is 1. The lowest BCUT2D eigenvalue weighted by atomic mass is 10.0. The Morgan fingerprint density at radius 1 is 1.29 bits per heavy atom. The SMILES string of the molecule is Cn1cc(-c2nc(CN3CCCCC3Cn3cccn3)cs2)cn1. The van der Waals surface area contributed by atoms with Crippen LogP contribution in [0.4, 0.5) is 0 Å². The van der Waals surface area contributed by atoms with Crippen molar-refractivity contribution >= 4 is 11.3 Å². The molecule has 0 radical (unpaired) electrons. The van der Waals surface area contributed by atoms with Gasteiger partial charge in [0.05, 0.1) is 18.4 Å². The van der Waals surface area contributed by atoms with Gasteiger partial charge in [-0.1, -0.05) is 6.42 Å². The van der Waals surface area contributed by atoms with Gasteiger partial charge in [0, 0.05) is 49.2 Å². The van der Waals surface area contributed by atoms with Gasteiger partial charge in [0.25, 0.3) is 0 Å². The lowest BCUT2D eigenvalue weighted by molar-refractivity contribution is 0.120. The minimum Gasteiger partial charge on any atom is -0.293 e. The third kappa shape index (κ3) is 3.42. The van der Waals surface area contributed by atoms with E-state index in [0.717, 1.165) is 35.9 Å². The van der Waals surface area contributed by atoms with Gasteiger partial charge in [-0.05, 0) is 25.5 Å². The summed E-state index contributed by atoms with van der Waals surface area (Å²) >= 11 is 1.70. The second-order valence-corrected chi connectivity index (χ2v) is 7.25. The first-order chi connectivity index (χ1) is 11.8. The molecule has 0 saturated carbocycles. The molecule has 4 rings (SSSR count). The molecular weight excluding hydrogens is 320 g/mol. The lowest BCUT2D eigenvalue weighted by Crippen LogP contribution is -2.41. The molecule has 0 amide bonds. The van der Waals surface area contributed by atoms with Gasteiger partial charge in [0.1, 0.15) is 5.01 Å². The van der Waals surface area contributed by atoms with Crippen molar-refractivity contribution in [1.82, 2.24) is 29.4 Å². The molecule has 1 unspecified atom stereocenters. The predicted octanol–water partition coefficient (Wildman–Crippen LogP) is 2.79. The Labute approximate surface area is 145 Å². The predicted molar refractivity (Wildman–Crippen MR) is 94.6 cm³/mol. The molecular formula is C17H22N6S. The van der Waals surface area contributed by atoms with Crippen LogP contribution in [0.2, 0.25) is 0 Å². The maximum absolute atomic E-state index is 4.82. The monoisotopic (exact) mass is 342 g/mol. The van der Waals surface area contributed by atoms with Crippen LogP contribution in [0.15, 0.2) is 36.2 Å². The average Bonchev–Trinajstić information content (AvgIpc) is 3.31. The molecule has 7 heteroatoms. The van der Waals surface area contributed by atoms with E-state index in [9.17, 15) is 0 Å². The zero-order valence-electron chi connectivity index (χ0n) is 13.9. The fourth-order valence-corrected chi connectivity index (χ4v) is 4.14. The zero-order chi connectivity index (χ0) is 16.4. The van der Waals surface area contributed by atoms with Gasteiger partial charge < -0.3 is 0 Å². The largest absolute Gasteiger partial charge is 0.293 e. The van der Waals surface area contributed by atoms with Crippen LogP contribution >= 0.6 is 11.3 Å². The van der Waals surface area contributed by atoms with E-state index in [1.165, 1.54) is 19.3 Å². The number of nitrogens with zero attached hydrogens (tertiary/aromatic N) is 6. The molecule has 1 aliphatic heterocycles. The molecule has 1 fully saturated rings. The van der Waals surface area contributed by atoms with Gasteiger partial charge in [-0.25, -0.2) is 4.98 Å². The highest BCUT2D eigenvalue weighted by Gasteiger charge is 2.23. The van der Waals surface area contributed by atoms with Crippen molar-refractivity contribution in [2.45, 2.75) is 38.4 Å². The highest BCUT2D eigenvalue weighted by molar-refractivity contribution is 7.13. The normalized spacial score (nSPS) is 19.0. The van der Waals surface area contributed by atoms with Crippen molar-refractivity contribution in [1.29, 1.82) is 0 Å². The van der Waals surface area contributed by atoms with Crippen LogP contribution in [-0.2, 0) is 20.1 Å². The summed E-state index contributed by atoms with van der Waals surface area (Å²) < 4.78 is 3.87. The molecule has 0 bridgehead atoms. The second-order valence-electron chi connectivity index (χ2n) is 6.39. The van der Waals surface area contributed by atoms with E-state index in [4.69, 9.17) is 4.98 Å². The maximum atomic E-state index is 4.82. The van der Waals surface area contributed by atoms with E-state index in [1.807, 2.05) is 41.1 Å². The van der Waals surface area contributed by atoms with E-state index in [-0.39, 0.29) is 0 Å². The van der Waals surface area contributed by atoms with Crippen molar-refractivity contribution in [3.63, 3.8) is 0 Å². The van der Waals surface area contributed by atoms with Crippen LogP contribution in [0.1, 0.15) is 25.0 Å². The topological polar surface area (TPSA) is 51.8 Å². The molecule has 4 heterocycles.